The van der Waals surface area contributed by atoms with Gasteiger partial charge in [0.15, 0.2) is 0 Å². The second-order valence-electron chi connectivity index (χ2n) is 9.99. The second kappa shape index (κ2) is 21.4. The molecule has 1 atom stereocenters. The van der Waals surface area contributed by atoms with Gasteiger partial charge in [-0.2, -0.15) is 0 Å². The summed E-state index contributed by atoms with van der Waals surface area (Å²) >= 11 is 0. The van der Waals surface area contributed by atoms with Crippen LogP contribution in [-0.4, -0.2) is 24.6 Å². The number of carbonyl (C=O) groups excluding carboxylic acids is 2. The maximum atomic E-state index is 12.7. The smallest absolute Gasteiger partial charge is 0.339 e. The number of rotatable bonds is 22. The van der Waals surface area contributed by atoms with Gasteiger partial charge < -0.3 is 9.47 Å². The summed E-state index contributed by atoms with van der Waals surface area (Å²) in [5.74, 6) is -0.876. The van der Waals surface area contributed by atoms with Gasteiger partial charge >= 0.3 is 11.9 Å². The molecule has 0 bridgehead atoms. The normalized spacial score (nSPS) is 11.9. The van der Waals surface area contributed by atoms with Gasteiger partial charge in [-0.05, 0) is 38.3 Å². The summed E-state index contributed by atoms with van der Waals surface area (Å²) in [7, 11) is 0. The highest BCUT2D eigenvalue weighted by atomic mass is 16.5. The van der Waals surface area contributed by atoms with Crippen LogP contribution in [0.2, 0.25) is 0 Å². The second-order valence-corrected chi connectivity index (χ2v) is 9.99. The van der Waals surface area contributed by atoms with Crippen LogP contribution in [0.3, 0.4) is 0 Å². The lowest BCUT2D eigenvalue weighted by Gasteiger charge is -2.15. The molecule has 0 saturated carbocycles. The molecule has 0 saturated heterocycles. The van der Waals surface area contributed by atoms with E-state index in [1.165, 1.54) is 89.9 Å². The minimum absolute atomic E-state index is 0.158. The van der Waals surface area contributed by atoms with E-state index in [0.717, 1.165) is 25.7 Å². The molecule has 0 aliphatic heterocycles. The van der Waals surface area contributed by atoms with E-state index in [9.17, 15) is 9.59 Å². The predicted molar refractivity (Wildman–Crippen MR) is 146 cm³/mol. The van der Waals surface area contributed by atoms with Crippen molar-refractivity contribution in [1.82, 2.24) is 0 Å². The van der Waals surface area contributed by atoms with Crippen molar-refractivity contribution in [2.75, 3.05) is 6.61 Å². The molecule has 1 aromatic rings. The molecule has 0 heterocycles. The summed E-state index contributed by atoms with van der Waals surface area (Å²) in [6.45, 7) is 6.79. The van der Waals surface area contributed by atoms with Gasteiger partial charge in [-0.3, -0.25) is 0 Å². The van der Waals surface area contributed by atoms with E-state index in [1.807, 2.05) is 6.92 Å². The molecular weight excluding hydrogens is 436 g/mol. The zero-order valence-corrected chi connectivity index (χ0v) is 23.0. The van der Waals surface area contributed by atoms with Crippen molar-refractivity contribution < 1.29 is 19.1 Å². The molecule has 1 unspecified atom stereocenters. The van der Waals surface area contributed by atoms with E-state index >= 15 is 0 Å². The van der Waals surface area contributed by atoms with Gasteiger partial charge in [0.05, 0.1) is 23.8 Å². The molecule has 4 nitrogen and oxygen atoms in total. The van der Waals surface area contributed by atoms with Gasteiger partial charge in [0.25, 0.3) is 0 Å². The van der Waals surface area contributed by atoms with E-state index in [1.54, 1.807) is 24.3 Å². The molecule has 4 heteroatoms. The minimum Gasteiger partial charge on any atom is -0.462 e. The van der Waals surface area contributed by atoms with Crippen molar-refractivity contribution in [3.63, 3.8) is 0 Å². The first-order valence-corrected chi connectivity index (χ1v) is 14.6. The summed E-state index contributed by atoms with van der Waals surface area (Å²) in [6, 6.07) is 6.82. The molecule has 0 aliphatic rings. The molecule has 0 radical (unpaired) electrons. The zero-order valence-electron chi connectivity index (χ0n) is 23.0. The molecule has 0 spiro atoms. The summed E-state index contributed by atoms with van der Waals surface area (Å²) in [5, 5.41) is 0. The van der Waals surface area contributed by atoms with Gasteiger partial charge in [0.1, 0.15) is 0 Å². The highest BCUT2D eigenvalue weighted by molar-refractivity contribution is 6.03. The van der Waals surface area contributed by atoms with Crippen LogP contribution in [0, 0.1) is 0 Å². The van der Waals surface area contributed by atoms with Crippen molar-refractivity contribution in [3.05, 3.63) is 35.4 Å². The average Bonchev–Trinajstić information content (AvgIpc) is 2.86. The molecule has 0 N–H and O–H groups in total. The lowest BCUT2D eigenvalue weighted by atomic mass is 10.1. The van der Waals surface area contributed by atoms with Crippen LogP contribution in [0.5, 0.6) is 0 Å². The number of unbranched alkanes of at least 4 members (excludes halogenated alkanes) is 15. The van der Waals surface area contributed by atoms with Gasteiger partial charge in [-0.25, -0.2) is 9.59 Å². The fourth-order valence-corrected chi connectivity index (χ4v) is 4.37. The van der Waals surface area contributed by atoms with Crippen molar-refractivity contribution in [2.45, 2.75) is 142 Å². The summed E-state index contributed by atoms with van der Waals surface area (Å²) in [6.07, 6.45) is 21.8. The average molecular weight is 489 g/mol. The molecule has 0 fully saturated rings. The number of ether oxygens (including phenoxy) is 2. The molecule has 0 aromatic heterocycles. The highest BCUT2D eigenvalue weighted by Gasteiger charge is 2.20. The minimum atomic E-state index is -0.439. The van der Waals surface area contributed by atoms with E-state index in [-0.39, 0.29) is 6.10 Å². The molecule has 0 aliphatic carbocycles. The topological polar surface area (TPSA) is 52.6 Å². The van der Waals surface area contributed by atoms with Crippen LogP contribution in [-0.2, 0) is 9.47 Å². The maximum absolute atomic E-state index is 12.7. The van der Waals surface area contributed by atoms with E-state index in [2.05, 4.69) is 13.8 Å². The standard InChI is InChI=1S/C31H52O4/c1-4-6-8-10-12-13-14-15-16-18-22-26-34-30(32)28-24-20-21-25-29(28)31(33)35-27(3)23-19-17-11-9-7-5-2/h20-21,24-25,27H,4-19,22-23,26H2,1-3H3. The molecule has 1 aromatic carbocycles. The predicted octanol–water partition coefficient (Wildman–Crippen LogP) is 9.45. The third kappa shape index (κ3) is 15.7. The van der Waals surface area contributed by atoms with Crippen molar-refractivity contribution in [1.29, 1.82) is 0 Å². The van der Waals surface area contributed by atoms with Crippen LogP contribution >= 0.6 is 0 Å². The third-order valence-electron chi connectivity index (χ3n) is 6.62. The Morgan fingerprint density at radius 2 is 1.06 bits per heavy atom. The number of benzene rings is 1. The zero-order chi connectivity index (χ0) is 25.6. The van der Waals surface area contributed by atoms with Crippen LogP contribution in [0.25, 0.3) is 0 Å². The summed E-state index contributed by atoms with van der Waals surface area (Å²) in [4.78, 5) is 25.3. The first-order valence-electron chi connectivity index (χ1n) is 14.6. The Balaban J connectivity index is 2.25. The lowest BCUT2D eigenvalue weighted by Crippen LogP contribution is -2.19. The van der Waals surface area contributed by atoms with Gasteiger partial charge in [-0.15, -0.1) is 0 Å². The van der Waals surface area contributed by atoms with Crippen molar-refractivity contribution in [3.8, 4) is 0 Å². The third-order valence-corrected chi connectivity index (χ3v) is 6.62. The molecule has 200 valence electrons. The van der Waals surface area contributed by atoms with Crippen LogP contribution in [0.4, 0.5) is 0 Å². The molecule has 35 heavy (non-hydrogen) atoms. The molecule has 0 amide bonds. The summed E-state index contributed by atoms with van der Waals surface area (Å²) < 4.78 is 11.1. The Morgan fingerprint density at radius 3 is 1.57 bits per heavy atom. The van der Waals surface area contributed by atoms with Crippen LogP contribution < -0.4 is 0 Å². The van der Waals surface area contributed by atoms with Crippen LogP contribution in [0.1, 0.15) is 157 Å². The van der Waals surface area contributed by atoms with Gasteiger partial charge in [-0.1, -0.05) is 122 Å². The molecular formula is C31H52O4. The largest absolute Gasteiger partial charge is 0.462 e. The number of carbonyl (C=O) groups is 2. The first-order chi connectivity index (χ1) is 17.1. The first kappa shape index (κ1) is 31.2. The SMILES string of the molecule is CCCCCCCCCCCCCOC(=O)c1ccccc1C(=O)OC(C)CCCCCCCC. The van der Waals surface area contributed by atoms with Gasteiger partial charge in [0, 0.05) is 0 Å². The number of esters is 2. The van der Waals surface area contributed by atoms with Crippen molar-refractivity contribution >= 4 is 11.9 Å². The fraction of sp³-hybridized carbons (Fsp3) is 0.742. The van der Waals surface area contributed by atoms with E-state index in [0.29, 0.717) is 17.7 Å². The Morgan fingerprint density at radius 1 is 0.629 bits per heavy atom. The number of hydrogen-bond donors (Lipinski definition) is 0. The quantitative estimate of drug-likeness (QED) is 0.120. The fourth-order valence-electron chi connectivity index (χ4n) is 4.37. The van der Waals surface area contributed by atoms with E-state index in [4.69, 9.17) is 9.47 Å². The van der Waals surface area contributed by atoms with Gasteiger partial charge in [0.2, 0.25) is 0 Å². The Hall–Kier alpha value is -1.84. The Bertz CT molecular complexity index is 670. The van der Waals surface area contributed by atoms with Crippen LogP contribution in [0.15, 0.2) is 24.3 Å². The number of hydrogen-bond acceptors (Lipinski definition) is 4. The molecule has 1 rings (SSSR count). The summed E-state index contributed by atoms with van der Waals surface area (Å²) in [5.41, 5.74) is 0.596. The van der Waals surface area contributed by atoms with E-state index < -0.39 is 11.9 Å². The lowest BCUT2D eigenvalue weighted by molar-refractivity contribution is 0.0307. The maximum Gasteiger partial charge on any atom is 0.339 e. The Labute approximate surface area is 215 Å². The highest BCUT2D eigenvalue weighted by Crippen LogP contribution is 2.16. The Kier molecular flexibility index (Phi) is 19.1. The van der Waals surface area contributed by atoms with Crippen molar-refractivity contribution in [2.24, 2.45) is 0 Å². The monoisotopic (exact) mass is 488 g/mol.